The standard InChI is InChI=1S/C15H17N5O3/c1-8(2)11-12(18-19-13(11)15(21)23-4)9-5-10(22-3)14-16-7-17-20(14)6-9/h5-8H,1-4H3,(H,18,19). The van der Waals surface area contributed by atoms with Gasteiger partial charge in [-0.05, 0) is 12.0 Å². The summed E-state index contributed by atoms with van der Waals surface area (Å²) in [6.07, 6.45) is 3.27. The first kappa shape index (κ1) is 15.0. The molecular weight excluding hydrogens is 298 g/mol. The average molecular weight is 315 g/mol. The number of aromatic amines is 1. The summed E-state index contributed by atoms with van der Waals surface area (Å²) in [6.45, 7) is 3.98. The minimum atomic E-state index is -0.468. The largest absolute Gasteiger partial charge is 0.493 e. The molecule has 3 aromatic heterocycles. The Kier molecular flexibility index (Phi) is 3.73. The highest BCUT2D eigenvalue weighted by Crippen LogP contribution is 2.33. The van der Waals surface area contributed by atoms with Crippen LogP contribution in [0.5, 0.6) is 5.75 Å². The van der Waals surface area contributed by atoms with Crippen LogP contribution in [0.4, 0.5) is 0 Å². The topological polar surface area (TPSA) is 94.4 Å². The molecule has 0 aliphatic carbocycles. The summed E-state index contributed by atoms with van der Waals surface area (Å²) in [5.41, 5.74) is 3.23. The molecule has 0 aliphatic rings. The summed E-state index contributed by atoms with van der Waals surface area (Å²) in [5, 5.41) is 11.2. The Balaban J connectivity index is 2.22. The molecule has 0 unspecified atom stereocenters. The third-order valence-electron chi connectivity index (χ3n) is 3.61. The molecule has 0 aliphatic heterocycles. The lowest BCUT2D eigenvalue weighted by molar-refractivity contribution is 0.0592. The third kappa shape index (κ3) is 2.41. The lowest BCUT2D eigenvalue weighted by Gasteiger charge is -2.10. The maximum absolute atomic E-state index is 11.9. The number of rotatable bonds is 4. The molecule has 0 amide bonds. The number of aromatic nitrogens is 5. The molecule has 3 rings (SSSR count). The monoisotopic (exact) mass is 315 g/mol. The number of carbonyl (C=O) groups is 1. The van der Waals surface area contributed by atoms with Crippen molar-refractivity contribution in [3.8, 4) is 17.0 Å². The van der Waals surface area contributed by atoms with Gasteiger partial charge >= 0.3 is 5.97 Å². The Morgan fingerprint density at radius 1 is 1.35 bits per heavy atom. The Morgan fingerprint density at radius 3 is 2.78 bits per heavy atom. The second kappa shape index (κ2) is 5.71. The second-order valence-electron chi connectivity index (χ2n) is 5.33. The maximum atomic E-state index is 11.9. The molecule has 1 N–H and O–H groups in total. The molecule has 0 fully saturated rings. The number of esters is 1. The lowest BCUT2D eigenvalue weighted by Crippen LogP contribution is -2.06. The molecule has 3 heterocycles. The van der Waals surface area contributed by atoms with Crippen LogP contribution in [0.1, 0.15) is 35.8 Å². The Bertz CT molecular complexity index is 865. The van der Waals surface area contributed by atoms with Gasteiger partial charge in [-0.2, -0.15) is 10.2 Å². The van der Waals surface area contributed by atoms with Gasteiger partial charge in [0.15, 0.2) is 17.1 Å². The summed E-state index contributed by atoms with van der Waals surface area (Å²) in [6, 6.07) is 1.84. The van der Waals surface area contributed by atoms with Crippen molar-refractivity contribution >= 4 is 11.6 Å². The van der Waals surface area contributed by atoms with Crippen LogP contribution in [-0.4, -0.2) is 45.0 Å². The first-order chi connectivity index (χ1) is 11.1. The number of ether oxygens (including phenoxy) is 2. The van der Waals surface area contributed by atoms with Crippen LogP contribution >= 0.6 is 0 Å². The van der Waals surface area contributed by atoms with Crippen molar-refractivity contribution in [3.05, 3.63) is 29.8 Å². The molecule has 0 aromatic carbocycles. The van der Waals surface area contributed by atoms with Crippen LogP contribution in [-0.2, 0) is 4.74 Å². The van der Waals surface area contributed by atoms with Gasteiger partial charge in [0.2, 0.25) is 0 Å². The van der Waals surface area contributed by atoms with E-state index >= 15 is 0 Å². The fourth-order valence-electron chi connectivity index (χ4n) is 2.57. The minimum Gasteiger partial charge on any atom is -0.493 e. The van der Waals surface area contributed by atoms with Crippen molar-refractivity contribution in [1.82, 2.24) is 24.8 Å². The molecule has 0 bridgehead atoms. The van der Waals surface area contributed by atoms with E-state index in [0.29, 0.717) is 11.4 Å². The fraction of sp³-hybridized carbons (Fsp3) is 0.333. The Labute approximate surface area is 132 Å². The van der Waals surface area contributed by atoms with Crippen LogP contribution in [0, 0.1) is 0 Å². The van der Waals surface area contributed by atoms with Gasteiger partial charge in [0.25, 0.3) is 0 Å². The van der Waals surface area contributed by atoms with Crippen molar-refractivity contribution < 1.29 is 14.3 Å². The summed E-state index contributed by atoms with van der Waals surface area (Å²) in [4.78, 5) is 16.1. The van der Waals surface area contributed by atoms with Gasteiger partial charge in [-0.1, -0.05) is 13.8 Å². The lowest BCUT2D eigenvalue weighted by atomic mass is 9.97. The number of pyridine rings is 1. The van der Waals surface area contributed by atoms with Crippen molar-refractivity contribution in [3.63, 3.8) is 0 Å². The van der Waals surface area contributed by atoms with Crippen LogP contribution in [0.3, 0.4) is 0 Å². The SMILES string of the molecule is COC(=O)c1n[nH]c(-c2cc(OC)c3ncnn3c2)c1C(C)C. The van der Waals surface area contributed by atoms with E-state index in [9.17, 15) is 4.79 Å². The van der Waals surface area contributed by atoms with E-state index < -0.39 is 5.97 Å². The summed E-state index contributed by atoms with van der Waals surface area (Å²) >= 11 is 0. The first-order valence-corrected chi connectivity index (χ1v) is 7.11. The Morgan fingerprint density at radius 2 is 2.13 bits per heavy atom. The number of fused-ring (bicyclic) bond motifs is 1. The summed E-state index contributed by atoms with van der Waals surface area (Å²) < 4.78 is 11.8. The quantitative estimate of drug-likeness (QED) is 0.740. The van der Waals surface area contributed by atoms with E-state index in [2.05, 4.69) is 20.3 Å². The number of nitrogens with zero attached hydrogens (tertiary/aromatic N) is 4. The number of hydrogen-bond acceptors (Lipinski definition) is 6. The molecular formula is C15H17N5O3. The molecule has 0 saturated heterocycles. The molecule has 8 nitrogen and oxygen atoms in total. The highest BCUT2D eigenvalue weighted by Gasteiger charge is 2.24. The van der Waals surface area contributed by atoms with Gasteiger partial charge < -0.3 is 9.47 Å². The van der Waals surface area contributed by atoms with Crippen LogP contribution in [0.15, 0.2) is 18.6 Å². The van der Waals surface area contributed by atoms with Gasteiger partial charge in [0.05, 0.1) is 19.9 Å². The minimum absolute atomic E-state index is 0.0790. The van der Waals surface area contributed by atoms with Gasteiger partial charge in [-0.3, -0.25) is 5.10 Å². The number of methoxy groups -OCH3 is 2. The normalized spacial score (nSPS) is 11.2. The van der Waals surface area contributed by atoms with Gasteiger partial charge in [-0.25, -0.2) is 14.3 Å². The van der Waals surface area contributed by atoms with Crippen LogP contribution in [0.2, 0.25) is 0 Å². The predicted molar refractivity (Wildman–Crippen MR) is 82.5 cm³/mol. The molecule has 0 spiro atoms. The fourth-order valence-corrected chi connectivity index (χ4v) is 2.57. The number of H-pyrrole nitrogens is 1. The average Bonchev–Trinajstić information content (AvgIpc) is 3.19. The van der Waals surface area contributed by atoms with E-state index in [1.807, 2.05) is 26.1 Å². The second-order valence-corrected chi connectivity index (χ2v) is 5.33. The molecule has 0 atom stereocenters. The van der Waals surface area contributed by atoms with Gasteiger partial charge in [-0.15, -0.1) is 0 Å². The summed E-state index contributed by atoms with van der Waals surface area (Å²) in [5.74, 6) is 0.198. The molecule has 120 valence electrons. The molecule has 0 radical (unpaired) electrons. The maximum Gasteiger partial charge on any atom is 0.358 e. The zero-order valence-electron chi connectivity index (χ0n) is 13.3. The molecule has 8 heteroatoms. The van der Waals surface area contributed by atoms with E-state index in [4.69, 9.17) is 9.47 Å². The zero-order valence-corrected chi connectivity index (χ0v) is 13.3. The van der Waals surface area contributed by atoms with Gasteiger partial charge in [0, 0.05) is 17.3 Å². The number of carbonyl (C=O) groups excluding carboxylic acids is 1. The van der Waals surface area contributed by atoms with Crippen molar-refractivity contribution in [1.29, 1.82) is 0 Å². The van der Waals surface area contributed by atoms with Crippen molar-refractivity contribution in [2.75, 3.05) is 14.2 Å². The molecule has 23 heavy (non-hydrogen) atoms. The van der Waals surface area contributed by atoms with Crippen LogP contribution < -0.4 is 4.74 Å². The first-order valence-electron chi connectivity index (χ1n) is 7.11. The third-order valence-corrected chi connectivity index (χ3v) is 3.61. The van der Waals surface area contributed by atoms with E-state index in [1.165, 1.54) is 13.4 Å². The summed E-state index contributed by atoms with van der Waals surface area (Å²) in [7, 11) is 2.91. The van der Waals surface area contributed by atoms with E-state index in [-0.39, 0.29) is 11.6 Å². The van der Waals surface area contributed by atoms with E-state index in [0.717, 1.165) is 16.8 Å². The Hall–Kier alpha value is -2.90. The smallest absolute Gasteiger partial charge is 0.358 e. The van der Waals surface area contributed by atoms with Crippen LogP contribution in [0.25, 0.3) is 16.9 Å². The van der Waals surface area contributed by atoms with Gasteiger partial charge in [0.1, 0.15) is 6.33 Å². The predicted octanol–water partition coefficient (Wildman–Crippen LogP) is 2.04. The highest BCUT2D eigenvalue weighted by atomic mass is 16.5. The molecule has 3 aromatic rings. The van der Waals surface area contributed by atoms with E-state index in [1.54, 1.807) is 11.6 Å². The molecule has 0 saturated carbocycles. The number of hydrogen-bond donors (Lipinski definition) is 1. The van der Waals surface area contributed by atoms with Crippen molar-refractivity contribution in [2.45, 2.75) is 19.8 Å². The highest BCUT2D eigenvalue weighted by molar-refractivity contribution is 5.91. The van der Waals surface area contributed by atoms with Crippen molar-refractivity contribution in [2.24, 2.45) is 0 Å². The zero-order chi connectivity index (χ0) is 16.6. The number of nitrogens with one attached hydrogen (secondary N) is 1.